The summed E-state index contributed by atoms with van der Waals surface area (Å²) < 4.78 is 73.1. The largest absolute Gasteiger partial charge is 0.497 e. The van der Waals surface area contributed by atoms with E-state index in [4.69, 9.17) is 24.2 Å². The Morgan fingerprint density at radius 2 is 1.77 bits per heavy atom. The van der Waals surface area contributed by atoms with Crippen molar-refractivity contribution in [2.45, 2.75) is 153 Å². The minimum atomic E-state index is -4.19. The number of aromatic nitrogens is 2. The van der Waals surface area contributed by atoms with Crippen LogP contribution >= 0.6 is 0 Å². The summed E-state index contributed by atoms with van der Waals surface area (Å²) in [5, 5.41) is 5.49. The van der Waals surface area contributed by atoms with Crippen LogP contribution in [-0.4, -0.2) is 102 Å². The Balaban J connectivity index is 1.26. The summed E-state index contributed by atoms with van der Waals surface area (Å²) in [6, 6.07) is 2.79. The number of fused-ring (bicyclic) bond motifs is 5. The number of carbonyl (C=O) groups excluding carboxylic acids is 4. The Bertz CT molecular complexity index is 2150. The lowest BCUT2D eigenvalue weighted by atomic mass is 9.85. The molecule has 3 aliphatic carbocycles. The molecule has 0 spiro atoms. The fourth-order valence-electron chi connectivity index (χ4n) is 9.48. The average molecular weight is 875 g/mol. The standard InChI is InChI=1S/C43H60F2N6O9S/c1-23-13-16-31-27(23)11-9-8-10-12-29-37(47-30-20-26(58-7)14-15-28(30)46-29)59-32-22-51(38(53)35(41(3,4)5)48-40(55)60-31)34(24(32)2)36(52)49-43(21-25(43)19-33(44)45)39(54)50-61(56,57)42(6)17-18-42/h14-15,20,23-25,27,31-35H,8-13,16-19,21-22H2,1-7H3,(H,48,55)(H,49,52)(H,50,54)/t23-,24+,25+,27+,31+,32-,34-,35+,43+/m0/s1. The summed E-state index contributed by atoms with van der Waals surface area (Å²) in [5.41, 5.74) is -1.13. The third kappa shape index (κ3) is 9.10. The highest BCUT2D eigenvalue weighted by atomic mass is 32.2. The third-order valence-electron chi connectivity index (χ3n) is 13.9. The van der Waals surface area contributed by atoms with Crippen LogP contribution in [0.25, 0.3) is 11.0 Å². The van der Waals surface area contributed by atoms with Gasteiger partial charge in [0.25, 0.3) is 5.91 Å². The summed E-state index contributed by atoms with van der Waals surface area (Å²) in [4.78, 5) is 68.4. The Morgan fingerprint density at radius 3 is 2.44 bits per heavy atom. The Hall–Kier alpha value is -4.35. The highest BCUT2D eigenvalue weighted by Gasteiger charge is 2.65. The van der Waals surface area contributed by atoms with Gasteiger partial charge in [0, 0.05) is 18.4 Å². The van der Waals surface area contributed by atoms with Crippen LogP contribution in [0.3, 0.4) is 0 Å². The molecule has 9 atom stereocenters. The second-order valence-electron chi connectivity index (χ2n) is 19.4. The molecule has 2 bridgehead atoms. The van der Waals surface area contributed by atoms with E-state index in [0.29, 0.717) is 54.1 Å². The molecule has 2 aromatic rings. The van der Waals surface area contributed by atoms with Crippen molar-refractivity contribution in [3.63, 3.8) is 0 Å². The maximum Gasteiger partial charge on any atom is 0.408 e. The van der Waals surface area contributed by atoms with Gasteiger partial charge >= 0.3 is 6.09 Å². The maximum atomic E-state index is 15.0. The highest BCUT2D eigenvalue weighted by Crippen LogP contribution is 2.49. The summed E-state index contributed by atoms with van der Waals surface area (Å²) in [7, 11) is -2.65. The van der Waals surface area contributed by atoms with Crippen molar-refractivity contribution >= 4 is 44.9 Å². The van der Waals surface area contributed by atoms with Crippen LogP contribution in [0.5, 0.6) is 11.6 Å². The molecule has 3 heterocycles. The number of ether oxygens (including phenoxy) is 3. The molecule has 1 aromatic carbocycles. The van der Waals surface area contributed by atoms with Crippen molar-refractivity contribution < 1.29 is 50.6 Å². The molecule has 5 aliphatic rings. The number of methoxy groups -OCH3 is 1. The van der Waals surface area contributed by atoms with Gasteiger partial charge in [0.15, 0.2) is 0 Å². The van der Waals surface area contributed by atoms with Gasteiger partial charge in [-0.2, -0.15) is 0 Å². The second-order valence-corrected chi connectivity index (χ2v) is 21.6. The number of hydrogen-bond acceptors (Lipinski definition) is 11. The number of alkyl halides is 2. The molecule has 61 heavy (non-hydrogen) atoms. The number of nitrogens with one attached hydrogen (secondary N) is 3. The highest BCUT2D eigenvalue weighted by molar-refractivity contribution is 7.91. The number of carbonyl (C=O) groups is 4. The molecule has 3 saturated carbocycles. The van der Waals surface area contributed by atoms with Crippen LogP contribution in [0.1, 0.15) is 111 Å². The normalized spacial score (nSPS) is 31.7. The molecular formula is C43H60F2N6O9S. The molecule has 4 fully saturated rings. The molecule has 4 amide bonds. The predicted octanol–water partition coefficient (Wildman–Crippen LogP) is 5.43. The number of hydrogen-bond donors (Lipinski definition) is 3. The monoisotopic (exact) mass is 874 g/mol. The van der Waals surface area contributed by atoms with Crippen molar-refractivity contribution in [2.24, 2.45) is 29.1 Å². The summed E-state index contributed by atoms with van der Waals surface area (Å²) >= 11 is 0. The van der Waals surface area contributed by atoms with Gasteiger partial charge in [0.2, 0.25) is 34.1 Å². The zero-order chi connectivity index (χ0) is 44.2. The SMILES string of the molecule is COc1ccc2nc3c(nc2c1)O[C@H]1CN(C(=O)[C@H](C(C)(C)C)NC(=O)O[C@@H]2CC[C@H](C)[C@H]2CCCCC3)[C@H](C(=O)N[C@]2(C(=O)NS(=O)(=O)C3(C)CC3)C[C@H]2CC(F)F)[C@@H]1C. The van der Waals surface area contributed by atoms with Gasteiger partial charge in [-0.25, -0.2) is 32.0 Å². The van der Waals surface area contributed by atoms with Crippen molar-refractivity contribution in [1.82, 2.24) is 30.2 Å². The zero-order valence-corrected chi connectivity index (χ0v) is 36.9. The predicted molar refractivity (Wildman–Crippen MR) is 220 cm³/mol. The van der Waals surface area contributed by atoms with Gasteiger partial charge in [-0.15, -0.1) is 0 Å². The van der Waals surface area contributed by atoms with Crippen LogP contribution in [0, 0.1) is 29.1 Å². The molecule has 15 nitrogen and oxygen atoms in total. The zero-order valence-electron chi connectivity index (χ0n) is 36.1. The fourth-order valence-corrected chi connectivity index (χ4v) is 10.8. The van der Waals surface area contributed by atoms with E-state index in [0.717, 1.165) is 32.1 Å². The molecule has 336 valence electrons. The quantitative estimate of drug-likeness (QED) is 0.306. The number of halogens is 2. The Kier molecular flexibility index (Phi) is 12.3. The smallest absolute Gasteiger partial charge is 0.408 e. The third-order valence-corrected chi connectivity index (χ3v) is 16.0. The van der Waals surface area contributed by atoms with E-state index in [9.17, 15) is 36.4 Å². The maximum absolute atomic E-state index is 15.0. The summed E-state index contributed by atoms with van der Waals surface area (Å²) in [6.45, 7) is 10.5. The van der Waals surface area contributed by atoms with Crippen LogP contribution in [0.4, 0.5) is 13.6 Å². The van der Waals surface area contributed by atoms with Crippen molar-refractivity contribution in [1.29, 1.82) is 0 Å². The molecule has 3 N–H and O–H groups in total. The summed E-state index contributed by atoms with van der Waals surface area (Å²) in [5.74, 6) is -3.19. The van der Waals surface area contributed by atoms with Gasteiger partial charge < -0.3 is 29.7 Å². The minimum Gasteiger partial charge on any atom is -0.497 e. The lowest BCUT2D eigenvalue weighted by Gasteiger charge is -2.36. The number of amides is 4. The molecule has 0 unspecified atom stereocenters. The number of nitrogens with zero attached hydrogens (tertiary/aromatic N) is 3. The molecular weight excluding hydrogens is 815 g/mol. The first-order valence-corrected chi connectivity index (χ1v) is 23.1. The van der Waals surface area contributed by atoms with Crippen molar-refractivity contribution in [3.8, 4) is 11.6 Å². The number of alkyl carbamates (subject to hydrolysis) is 1. The molecule has 18 heteroatoms. The number of benzene rings is 1. The van der Waals surface area contributed by atoms with Crippen LogP contribution < -0.4 is 24.8 Å². The average Bonchev–Trinajstić information content (AvgIpc) is 4.03. The molecule has 7 rings (SSSR count). The Labute approximate surface area is 356 Å². The van der Waals surface area contributed by atoms with E-state index >= 15 is 0 Å². The van der Waals surface area contributed by atoms with E-state index in [1.807, 2.05) is 6.07 Å². The summed E-state index contributed by atoms with van der Waals surface area (Å²) in [6.07, 6.45) is 0.388. The van der Waals surface area contributed by atoms with Gasteiger partial charge in [-0.05, 0) is 93.6 Å². The second kappa shape index (κ2) is 16.7. The van der Waals surface area contributed by atoms with E-state index in [1.54, 1.807) is 46.9 Å². The minimum absolute atomic E-state index is 0.138. The van der Waals surface area contributed by atoms with Gasteiger partial charge in [-0.3, -0.25) is 19.1 Å². The number of aryl methyl sites for hydroxylation is 1. The topological polar surface area (TPSA) is 195 Å². The molecule has 1 aromatic heterocycles. The van der Waals surface area contributed by atoms with Crippen LogP contribution in [-0.2, 0) is 35.6 Å². The molecule has 0 radical (unpaired) electrons. The van der Waals surface area contributed by atoms with E-state index in [2.05, 4.69) is 22.3 Å². The first-order chi connectivity index (χ1) is 28.7. The first kappa shape index (κ1) is 44.7. The molecule has 1 saturated heterocycles. The van der Waals surface area contributed by atoms with E-state index in [-0.39, 0.29) is 30.9 Å². The lowest BCUT2D eigenvalue weighted by Crippen LogP contribution is -2.61. The molecule has 2 aliphatic heterocycles. The fraction of sp³-hybridized carbons (Fsp3) is 0.721. The van der Waals surface area contributed by atoms with Crippen LogP contribution in [0.2, 0.25) is 0 Å². The van der Waals surface area contributed by atoms with E-state index in [1.165, 1.54) is 11.8 Å². The Morgan fingerprint density at radius 1 is 1.03 bits per heavy atom. The first-order valence-electron chi connectivity index (χ1n) is 21.6. The van der Waals surface area contributed by atoms with Crippen LogP contribution in [0.15, 0.2) is 18.2 Å². The lowest BCUT2D eigenvalue weighted by molar-refractivity contribution is -0.143. The van der Waals surface area contributed by atoms with E-state index < -0.39 is 92.4 Å². The van der Waals surface area contributed by atoms with Crippen molar-refractivity contribution in [2.75, 3.05) is 13.7 Å². The van der Waals surface area contributed by atoms with Gasteiger partial charge in [0.1, 0.15) is 41.3 Å². The van der Waals surface area contributed by atoms with Crippen molar-refractivity contribution in [3.05, 3.63) is 23.9 Å². The number of rotatable bonds is 8. The van der Waals surface area contributed by atoms with Gasteiger partial charge in [-0.1, -0.05) is 47.5 Å². The number of sulfonamides is 1. The van der Waals surface area contributed by atoms with Gasteiger partial charge in [0.05, 0.1) is 29.4 Å².